The van der Waals surface area contributed by atoms with Crippen LogP contribution >= 0.6 is 0 Å². The maximum absolute atomic E-state index is 6.14. The number of nitrogens with zero attached hydrogens (tertiary/aromatic N) is 1. The smallest absolute Gasteiger partial charge is 0.0717 e. The average Bonchev–Trinajstić information content (AvgIpc) is 2.57. The summed E-state index contributed by atoms with van der Waals surface area (Å²) in [6.45, 7) is 14.7. The fraction of sp³-hybridized carbons (Fsp3) is 0.714. The van der Waals surface area contributed by atoms with E-state index in [-0.39, 0.29) is 0 Å². The third-order valence-electron chi connectivity index (χ3n) is 6.07. The number of likely N-dealkylation sites (tertiary alicyclic amines) is 1. The highest BCUT2D eigenvalue weighted by atomic mass is 16.5. The van der Waals surface area contributed by atoms with Crippen LogP contribution < -0.4 is 0 Å². The molecule has 0 spiro atoms. The van der Waals surface area contributed by atoms with Crippen LogP contribution in [0.2, 0.25) is 0 Å². The van der Waals surface area contributed by atoms with Gasteiger partial charge < -0.3 is 4.74 Å². The summed E-state index contributed by atoms with van der Waals surface area (Å²) < 4.78 is 6.14. The molecule has 4 unspecified atom stereocenters. The highest BCUT2D eigenvalue weighted by Crippen LogP contribution is 2.35. The Labute approximate surface area is 143 Å². The Morgan fingerprint density at radius 3 is 2.30 bits per heavy atom. The lowest BCUT2D eigenvalue weighted by Gasteiger charge is -2.49. The van der Waals surface area contributed by atoms with Gasteiger partial charge in [-0.1, -0.05) is 65.0 Å². The van der Waals surface area contributed by atoms with E-state index in [4.69, 9.17) is 4.74 Å². The van der Waals surface area contributed by atoms with Crippen molar-refractivity contribution in [3.05, 3.63) is 35.9 Å². The van der Waals surface area contributed by atoms with Crippen LogP contribution in [0.25, 0.3) is 0 Å². The van der Waals surface area contributed by atoms with Crippen molar-refractivity contribution in [3.8, 4) is 0 Å². The van der Waals surface area contributed by atoms with E-state index in [9.17, 15) is 0 Å². The number of benzene rings is 1. The minimum atomic E-state index is 0.551. The second-order valence-electron chi connectivity index (χ2n) is 7.43. The molecule has 1 aliphatic heterocycles. The molecule has 1 fully saturated rings. The van der Waals surface area contributed by atoms with Gasteiger partial charge in [0.1, 0.15) is 0 Å². The molecule has 1 aromatic rings. The van der Waals surface area contributed by atoms with Crippen LogP contribution in [0.15, 0.2) is 30.3 Å². The third-order valence-corrected chi connectivity index (χ3v) is 6.07. The maximum Gasteiger partial charge on any atom is 0.0717 e. The Morgan fingerprint density at radius 2 is 1.70 bits per heavy atom. The van der Waals surface area contributed by atoms with Crippen LogP contribution in [-0.2, 0) is 11.3 Å². The number of rotatable bonds is 7. The normalized spacial score (nSPS) is 29.1. The highest BCUT2D eigenvalue weighted by molar-refractivity contribution is 5.13. The van der Waals surface area contributed by atoms with Gasteiger partial charge in [0.05, 0.1) is 13.2 Å². The van der Waals surface area contributed by atoms with Gasteiger partial charge in [-0.2, -0.15) is 0 Å². The lowest BCUT2D eigenvalue weighted by atomic mass is 9.75. The molecule has 2 heteroatoms. The number of ether oxygens (including phenoxy) is 1. The molecule has 0 aromatic heterocycles. The van der Waals surface area contributed by atoms with E-state index < -0.39 is 0 Å². The minimum Gasteiger partial charge on any atom is -0.375 e. The molecule has 1 aromatic carbocycles. The number of hydrogen-bond acceptors (Lipinski definition) is 2. The van der Waals surface area contributed by atoms with Gasteiger partial charge in [0.15, 0.2) is 0 Å². The lowest BCUT2D eigenvalue weighted by Crippen LogP contribution is -2.56. The molecule has 0 saturated carbocycles. The van der Waals surface area contributed by atoms with E-state index in [2.05, 4.69) is 69.9 Å². The summed E-state index contributed by atoms with van der Waals surface area (Å²) >= 11 is 0. The summed E-state index contributed by atoms with van der Waals surface area (Å²) in [6.07, 6.45) is 2.47. The molecule has 1 saturated heterocycles. The molecule has 0 aliphatic carbocycles. The number of hydrogen-bond donors (Lipinski definition) is 0. The Morgan fingerprint density at radius 1 is 1.04 bits per heavy atom. The van der Waals surface area contributed by atoms with Gasteiger partial charge in [-0.05, 0) is 36.2 Å². The second-order valence-corrected chi connectivity index (χ2v) is 7.43. The van der Waals surface area contributed by atoms with Crippen LogP contribution in [-0.4, -0.2) is 30.1 Å². The van der Waals surface area contributed by atoms with Crippen molar-refractivity contribution in [2.24, 2.45) is 17.8 Å². The van der Waals surface area contributed by atoms with E-state index >= 15 is 0 Å². The van der Waals surface area contributed by atoms with Crippen LogP contribution in [0.1, 0.15) is 53.0 Å². The van der Waals surface area contributed by atoms with Gasteiger partial charge in [-0.3, -0.25) is 4.90 Å². The third kappa shape index (κ3) is 4.58. The molecule has 0 bridgehead atoms. The van der Waals surface area contributed by atoms with Crippen molar-refractivity contribution in [3.63, 3.8) is 0 Å². The number of piperidine rings is 1. The Kier molecular flexibility index (Phi) is 7.10. The summed E-state index contributed by atoms with van der Waals surface area (Å²) in [5.74, 6) is 2.23. The lowest BCUT2D eigenvalue weighted by molar-refractivity contribution is -0.0523. The van der Waals surface area contributed by atoms with Crippen molar-refractivity contribution in [1.29, 1.82) is 0 Å². The van der Waals surface area contributed by atoms with Crippen LogP contribution in [0, 0.1) is 17.8 Å². The van der Waals surface area contributed by atoms with E-state index in [1.54, 1.807) is 0 Å². The standard InChI is InChI=1S/C21H35NO/c1-6-20(7-2)22-13-16(3)17(4)18(5)21(22)15-23-14-19-11-9-8-10-12-19/h8-12,16-18,20-21H,6-7,13-15H2,1-5H3. The van der Waals surface area contributed by atoms with Crippen molar-refractivity contribution in [2.45, 2.75) is 66.2 Å². The molecule has 1 aliphatic rings. The molecule has 2 rings (SSSR count). The fourth-order valence-corrected chi connectivity index (χ4v) is 4.10. The predicted octanol–water partition coefficient (Wildman–Crippen LogP) is 4.98. The first-order valence-corrected chi connectivity index (χ1v) is 9.45. The molecule has 1 heterocycles. The first-order chi connectivity index (χ1) is 11.1. The molecule has 2 nitrogen and oxygen atoms in total. The van der Waals surface area contributed by atoms with E-state index in [0.29, 0.717) is 18.0 Å². The quantitative estimate of drug-likeness (QED) is 0.703. The van der Waals surface area contributed by atoms with Crippen LogP contribution in [0.4, 0.5) is 0 Å². The van der Waals surface area contributed by atoms with Gasteiger partial charge >= 0.3 is 0 Å². The highest BCUT2D eigenvalue weighted by Gasteiger charge is 2.39. The van der Waals surface area contributed by atoms with Crippen molar-refractivity contribution in [1.82, 2.24) is 4.90 Å². The molecular formula is C21H35NO. The monoisotopic (exact) mass is 317 g/mol. The van der Waals surface area contributed by atoms with E-state index in [0.717, 1.165) is 25.0 Å². The first kappa shape index (κ1) is 18.5. The second kappa shape index (κ2) is 8.84. The Hall–Kier alpha value is -0.860. The molecule has 0 amide bonds. The van der Waals surface area contributed by atoms with E-state index in [1.165, 1.54) is 24.9 Å². The Balaban J connectivity index is 2.01. The first-order valence-electron chi connectivity index (χ1n) is 9.45. The van der Waals surface area contributed by atoms with Crippen molar-refractivity contribution in [2.75, 3.05) is 13.2 Å². The zero-order valence-corrected chi connectivity index (χ0v) is 15.7. The maximum atomic E-state index is 6.14. The summed E-state index contributed by atoms with van der Waals surface area (Å²) in [4.78, 5) is 2.75. The SMILES string of the molecule is CCC(CC)N1CC(C)C(C)C(C)C1COCc1ccccc1. The van der Waals surface area contributed by atoms with Crippen molar-refractivity contribution >= 4 is 0 Å². The molecule has 0 N–H and O–H groups in total. The Bertz CT molecular complexity index is 442. The fourth-order valence-electron chi connectivity index (χ4n) is 4.10. The molecular weight excluding hydrogens is 282 g/mol. The summed E-state index contributed by atoms with van der Waals surface area (Å²) in [7, 11) is 0. The average molecular weight is 318 g/mol. The van der Waals surface area contributed by atoms with Crippen molar-refractivity contribution < 1.29 is 4.74 Å². The van der Waals surface area contributed by atoms with Gasteiger partial charge in [0.25, 0.3) is 0 Å². The van der Waals surface area contributed by atoms with Crippen LogP contribution in [0.3, 0.4) is 0 Å². The van der Waals surface area contributed by atoms with Crippen LogP contribution in [0.5, 0.6) is 0 Å². The zero-order chi connectivity index (χ0) is 16.8. The molecule has 130 valence electrons. The van der Waals surface area contributed by atoms with Gasteiger partial charge in [-0.15, -0.1) is 0 Å². The van der Waals surface area contributed by atoms with Gasteiger partial charge in [0.2, 0.25) is 0 Å². The molecule has 4 atom stereocenters. The van der Waals surface area contributed by atoms with Gasteiger partial charge in [-0.25, -0.2) is 0 Å². The molecule has 0 radical (unpaired) electrons. The topological polar surface area (TPSA) is 12.5 Å². The van der Waals surface area contributed by atoms with E-state index in [1.807, 2.05) is 0 Å². The van der Waals surface area contributed by atoms with Gasteiger partial charge in [0, 0.05) is 18.6 Å². The summed E-state index contributed by atoms with van der Waals surface area (Å²) in [5, 5.41) is 0. The largest absolute Gasteiger partial charge is 0.375 e. The summed E-state index contributed by atoms with van der Waals surface area (Å²) in [5.41, 5.74) is 1.27. The summed E-state index contributed by atoms with van der Waals surface area (Å²) in [6, 6.07) is 11.8. The minimum absolute atomic E-state index is 0.551. The predicted molar refractivity (Wildman–Crippen MR) is 98.5 cm³/mol. The molecule has 23 heavy (non-hydrogen) atoms. The zero-order valence-electron chi connectivity index (χ0n) is 15.7.